The largest absolute Gasteiger partial charge is 0.352 e. The molecule has 3 N–H and O–H groups in total. The Balaban J connectivity index is 3.25. The van der Waals surface area contributed by atoms with Gasteiger partial charge in [-0.1, -0.05) is 12.8 Å². The Hall–Kier alpha value is -1.68. The van der Waals surface area contributed by atoms with Gasteiger partial charge in [-0.2, -0.15) is 0 Å². The molecule has 0 aliphatic heterocycles. The average Bonchev–Trinajstić information content (AvgIpc) is 2.37. The Morgan fingerprint density at radius 2 is 1.63 bits per heavy atom. The number of nitrogens with zero attached hydrogens (tertiary/aromatic N) is 1. The molecular formula is C13H23N3O3. The van der Waals surface area contributed by atoms with E-state index in [-0.39, 0.29) is 5.78 Å². The Morgan fingerprint density at radius 3 is 2.21 bits per heavy atom. The molecule has 0 fully saturated rings. The number of Topliss-reactive ketones (excluding diaryl/α,β-unsaturated/α-hetero) is 1. The highest BCUT2D eigenvalue weighted by Gasteiger charge is 2.01. The quantitative estimate of drug-likeness (QED) is 0.320. The Morgan fingerprint density at radius 1 is 1.00 bits per heavy atom. The van der Waals surface area contributed by atoms with Gasteiger partial charge in [-0.15, -0.1) is 0 Å². The molecule has 0 saturated carbocycles. The molecular weight excluding hydrogens is 246 g/mol. The van der Waals surface area contributed by atoms with Gasteiger partial charge in [-0.25, -0.2) is 14.6 Å². The topological polar surface area (TPSA) is 102 Å². The summed E-state index contributed by atoms with van der Waals surface area (Å²) < 4.78 is 0. The molecule has 0 spiro atoms. The van der Waals surface area contributed by atoms with Crippen LogP contribution < -0.4 is 11.1 Å². The monoisotopic (exact) mass is 269 g/mol. The number of primary amides is 1. The lowest BCUT2D eigenvalue weighted by Crippen LogP contribution is -2.29. The van der Waals surface area contributed by atoms with Crippen molar-refractivity contribution in [2.45, 2.75) is 51.4 Å². The summed E-state index contributed by atoms with van der Waals surface area (Å²) in [5, 5.41) is 2.51. The Bertz CT molecular complexity index is 312. The second-order valence-corrected chi connectivity index (χ2v) is 4.42. The van der Waals surface area contributed by atoms with Gasteiger partial charge in [-0.3, -0.25) is 4.79 Å². The molecule has 108 valence electrons. The fraction of sp³-hybridized carbons (Fsp3) is 0.769. The van der Waals surface area contributed by atoms with Crippen LogP contribution in [0.25, 0.3) is 0 Å². The zero-order valence-corrected chi connectivity index (χ0v) is 11.3. The fourth-order valence-corrected chi connectivity index (χ4v) is 1.70. The normalized spacial score (nSPS) is 9.68. The van der Waals surface area contributed by atoms with Crippen LogP contribution in [0.3, 0.4) is 0 Å². The number of carbonyl (C=O) groups is 2. The molecule has 0 unspecified atom stereocenters. The van der Waals surface area contributed by atoms with Crippen molar-refractivity contribution in [2.24, 2.45) is 10.7 Å². The fourth-order valence-electron chi connectivity index (χ4n) is 1.70. The summed E-state index contributed by atoms with van der Waals surface area (Å²) >= 11 is 0. The summed E-state index contributed by atoms with van der Waals surface area (Å²) in [7, 11) is 0. The zero-order valence-electron chi connectivity index (χ0n) is 11.3. The lowest BCUT2D eigenvalue weighted by molar-refractivity contribution is -0.119. The highest BCUT2D eigenvalue weighted by molar-refractivity contribution is 5.78. The first kappa shape index (κ1) is 17.3. The molecule has 6 heteroatoms. The van der Waals surface area contributed by atoms with Gasteiger partial charge in [0.25, 0.3) is 0 Å². The van der Waals surface area contributed by atoms with Crippen LogP contribution in [0, 0.1) is 0 Å². The number of urea groups is 1. The standard InChI is InChI=1S/C13H23N3O3/c14-13(19)16-10-6-2-4-8-12(18)7-3-1-5-9-15-11-17/h1-10H2,(H3,14,16,19). The smallest absolute Gasteiger partial charge is 0.312 e. The van der Waals surface area contributed by atoms with Crippen LogP contribution in [0.1, 0.15) is 51.4 Å². The van der Waals surface area contributed by atoms with Crippen LogP contribution in [0.2, 0.25) is 0 Å². The second kappa shape index (κ2) is 12.8. The molecule has 0 aromatic rings. The third-order valence-electron chi connectivity index (χ3n) is 2.72. The molecule has 19 heavy (non-hydrogen) atoms. The first-order valence-corrected chi connectivity index (χ1v) is 6.75. The maximum Gasteiger partial charge on any atom is 0.312 e. The van der Waals surface area contributed by atoms with Crippen molar-refractivity contribution in [3.8, 4) is 0 Å². The minimum atomic E-state index is -0.505. The number of hydrogen-bond acceptors (Lipinski definition) is 4. The van der Waals surface area contributed by atoms with Crippen LogP contribution in [-0.2, 0) is 9.59 Å². The molecule has 0 atom stereocenters. The van der Waals surface area contributed by atoms with E-state index >= 15 is 0 Å². The van der Waals surface area contributed by atoms with E-state index in [9.17, 15) is 14.4 Å². The van der Waals surface area contributed by atoms with Crippen LogP contribution in [0.15, 0.2) is 4.99 Å². The zero-order chi connectivity index (χ0) is 14.3. The minimum Gasteiger partial charge on any atom is -0.352 e. The molecule has 0 heterocycles. The number of amides is 2. The first-order chi connectivity index (χ1) is 9.16. The number of nitrogens with one attached hydrogen (secondary N) is 1. The molecule has 0 bridgehead atoms. The number of nitrogens with two attached hydrogens (primary N) is 1. The molecule has 6 nitrogen and oxygen atoms in total. The molecule has 0 aromatic carbocycles. The lowest BCUT2D eigenvalue weighted by atomic mass is 10.1. The van der Waals surface area contributed by atoms with Crippen LogP contribution >= 0.6 is 0 Å². The third kappa shape index (κ3) is 14.3. The molecule has 0 saturated heterocycles. The molecule has 0 aliphatic carbocycles. The van der Waals surface area contributed by atoms with E-state index in [2.05, 4.69) is 10.3 Å². The summed E-state index contributed by atoms with van der Waals surface area (Å²) in [4.78, 5) is 35.1. The number of ketones is 1. The second-order valence-electron chi connectivity index (χ2n) is 4.42. The van der Waals surface area contributed by atoms with Gasteiger partial charge in [0, 0.05) is 19.4 Å². The average molecular weight is 269 g/mol. The predicted octanol–water partition coefficient (Wildman–Crippen LogP) is 1.68. The van der Waals surface area contributed by atoms with Crippen molar-refractivity contribution < 1.29 is 14.4 Å². The van der Waals surface area contributed by atoms with Gasteiger partial charge >= 0.3 is 6.03 Å². The van der Waals surface area contributed by atoms with E-state index in [4.69, 9.17) is 5.73 Å². The summed E-state index contributed by atoms with van der Waals surface area (Å²) in [6.45, 7) is 1.07. The van der Waals surface area contributed by atoms with E-state index in [1.165, 1.54) is 6.08 Å². The number of carbonyl (C=O) groups excluding carboxylic acids is 3. The van der Waals surface area contributed by atoms with E-state index in [0.717, 1.165) is 38.5 Å². The van der Waals surface area contributed by atoms with Gasteiger partial charge in [0.2, 0.25) is 6.08 Å². The molecule has 0 aromatic heterocycles. The van der Waals surface area contributed by atoms with Crippen molar-refractivity contribution in [2.75, 3.05) is 13.1 Å². The van der Waals surface area contributed by atoms with Crippen molar-refractivity contribution in [1.82, 2.24) is 5.32 Å². The number of hydrogen-bond donors (Lipinski definition) is 2. The predicted molar refractivity (Wildman–Crippen MR) is 72.5 cm³/mol. The van der Waals surface area contributed by atoms with E-state index in [1.54, 1.807) is 0 Å². The summed E-state index contributed by atoms with van der Waals surface area (Å²) in [5.41, 5.74) is 4.92. The van der Waals surface area contributed by atoms with E-state index < -0.39 is 6.03 Å². The van der Waals surface area contributed by atoms with Gasteiger partial charge in [0.05, 0.1) is 6.54 Å². The molecule has 2 amide bonds. The van der Waals surface area contributed by atoms with Gasteiger partial charge < -0.3 is 11.1 Å². The number of isocyanates is 1. The van der Waals surface area contributed by atoms with Gasteiger partial charge in [0.1, 0.15) is 5.78 Å². The highest BCUT2D eigenvalue weighted by atomic mass is 16.2. The third-order valence-corrected chi connectivity index (χ3v) is 2.72. The van der Waals surface area contributed by atoms with Crippen LogP contribution in [0.4, 0.5) is 4.79 Å². The minimum absolute atomic E-state index is 0.279. The number of rotatable bonds is 12. The van der Waals surface area contributed by atoms with Gasteiger partial charge in [-0.05, 0) is 25.7 Å². The van der Waals surface area contributed by atoms with Crippen LogP contribution in [0.5, 0.6) is 0 Å². The molecule has 0 radical (unpaired) electrons. The first-order valence-electron chi connectivity index (χ1n) is 6.75. The lowest BCUT2D eigenvalue weighted by Gasteiger charge is -2.02. The maximum absolute atomic E-state index is 11.5. The van der Waals surface area contributed by atoms with Crippen LogP contribution in [-0.4, -0.2) is 31.0 Å². The Kier molecular flexibility index (Phi) is 11.6. The molecule has 0 aliphatic rings. The number of aliphatic imine (C=N–C) groups is 1. The van der Waals surface area contributed by atoms with Crippen molar-refractivity contribution in [3.63, 3.8) is 0 Å². The number of unbranched alkanes of at least 4 members (excludes halogenated alkanes) is 4. The summed E-state index contributed by atoms with van der Waals surface area (Å²) in [5.74, 6) is 0.279. The molecule has 0 rings (SSSR count). The Labute approximate surface area is 113 Å². The van der Waals surface area contributed by atoms with Crippen molar-refractivity contribution in [1.29, 1.82) is 0 Å². The maximum atomic E-state index is 11.5. The van der Waals surface area contributed by atoms with Crippen molar-refractivity contribution >= 4 is 17.9 Å². The summed E-state index contributed by atoms with van der Waals surface area (Å²) in [6, 6.07) is -0.505. The van der Waals surface area contributed by atoms with Crippen molar-refractivity contribution in [3.05, 3.63) is 0 Å². The SMILES string of the molecule is NC(=O)NCCCCCC(=O)CCCCCN=C=O. The summed E-state index contributed by atoms with van der Waals surface area (Å²) in [6.07, 6.45) is 7.92. The van der Waals surface area contributed by atoms with E-state index in [1.807, 2.05) is 0 Å². The highest BCUT2D eigenvalue weighted by Crippen LogP contribution is 2.06. The van der Waals surface area contributed by atoms with E-state index in [0.29, 0.717) is 25.9 Å². The van der Waals surface area contributed by atoms with Gasteiger partial charge in [0.15, 0.2) is 0 Å².